The first-order valence-electron chi connectivity index (χ1n) is 7.35. The number of benzene rings is 1. The van der Waals surface area contributed by atoms with Crippen molar-refractivity contribution >= 4 is 23.2 Å². The highest BCUT2D eigenvalue weighted by Gasteiger charge is 2.23. The Hall–Kier alpha value is -1.66. The predicted octanol–water partition coefficient (Wildman–Crippen LogP) is 2.60. The summed E-state index contributed by atoms with van der Waals surface area (Å²) in [5, 5.41) is 14.5. The largest absolute Gasteiger partial charge is 0.356 e. The molecule has 1 amide bonds. The first-order valence-corrected chi connectivity index (χ1v) is 7.73. The van der Waals surface area contributed by atoms with E-state index in [0.29, 0.717) is 29.6 Å². The Morgan fingerprint density at radius 2 is 2.32 bits per heavy atom. The Bertz CT molecular complexity index is 565. The summed E-state index contributed by atoms with van der Waals surface area (Å²) in [6, 6.07) is 4.66. The fourth-order valence-corrected chi connectivity index (χ4v) is 3.04. The van der Waals surface area contributed by atoms with Crippen molar-refractivity contribution in [2.24, 2.45) is 5.92 Å². The molecule has 6 nitrogen and oxygen atoms in total. The minimum atomic E-state index is -0.371. The van der Waals surface area contributed by atoms with Crippen molar-refractivity contribution in [3.8, 4) is 0 Å². The van der Waals surface area contributed by atoms with Gasteiger partial charge in [-0.3, -0.25) is 19.8 Å². The highest BCUT2D eigenvalue weighted by Crippen LogP contribution is 2.26. The number of piperidine rings is 1. The molecule has 2 rings (SSSR count). The quantitative estimate of drug-likeness (QED) is 0.667. The smallest absolute Gasteiger partial charge is 0.273 e. The number of amides is 1. The fourth-order valence-electron chi connectivity index (χ4n) is 2.85. The van der Waals surface area contributed by atoms with Gasteiger partial charge in [0.25, 0.3) is 5.69 Å². The van der Waals surface area contributed by atoms with E-state index in [1.165, 1.54) is 13.0 Å². The SMILES string of the molecule is CC(=O)NCC1CCCN(Cc2cc(Cl)ccc2[N+](=O)[O-])C1. The Morgan fingerprint density at radius 1 is 1.55 bits per heavy atom. The van der Waals surface area contributed by atoms with Crippen LogP contribution in [-0.4, -0.2) is 35.4 Å². The van der Waals surface area contributed by atoms with Crippen LogP contribution in [-0.2, 0) is 11.3 Å². The molecule has 0 radical (unpaired) electrons. The lowest BCUT2D eigenvalue weighted by atomic mass is 9.97. The minimum absolute atomic E-state index is 0.0254. The molecule has 120 valence electrons. The van der Waals surface area contributed by atoms with Crippen LogP contribution < -0.4 is 5.32 Å². The topological polar surface area (TPSA) is 75.5 Å². The summed E-state index contributed by atoms with van der Waals surface area (Å²) in [5.41, 5.74) is 0.742. The summed E-state index contributed by atoms with van der Waals surface area (Å²) in [5.74, 6) is 0.360. The van der Waals surface area contributed by atoms with Gasteiger partial charge >= 0.3 is 0 Å². The molecule has 1 aromatic rings. The number of carbonyl (C=O) groups is 1. The highest BCUT2D eigenvalue weighted by atomic mass is 35.5. The van der Waals surface area contributed by atoms with Gasteiger partial charge in [-0.15, -0.1) is 0 Å². The molecule has 0 aliphatic carbocycles. The van der Waals surface area contributed by atoms with Gasteiger partial charge in [0.1, 0.15) is 0 Å². The first kappa shape index (κ1) is 16.7. The summed E-state index contributed by atoms with van der Waals surface area (Å²) in [4.78, 5) is 23.9. The number of nitro groups is 1. The third kappa shape index (κ3) is 4.68. The van der Waals surface area contributed by atoms with Crippen molar-refractivity contribution in [2.45, 2.75) is 26.3 Å². The zero-order valence-corrected chi connectivity index (χ0v) is 13.3. The highest BCUT2D eigenvalue weighted by molar-refractivity contribution is 6.30. The summed E-state index contributed by atoms with van der Waals surface area (Å²) in [7, 11) is 0. The second-order valence-electron chi connectivity index (χ2n) is 5.71. The van der Waals surface area contributed by atoms with Crippen molar-refractivity contribution < 1.29 is 9.72 Å². The van der Waals surface area contributed by atoms with Gasteiger partial charge in [-0.2, -0.15) is 0 Å². The van der Waals surface area contributed by atoms with Gasteiger partial charge < -0.3 is 5.32 Å². The number of hydrogen-bond donors (Lipinski definition) is 1. The maximum absolute atomic E-state index is 11.1. The fraction of sp³-hybridized carbons (Fsp3) is 0.533. The van der Waals surface area contributed by atoms with E-state index in [1.807, 2.05) is 0 Å². The monoisotopic (exact) mass is 325 g/mol. The summed E-state index contributed by atoms with van der Waals surface area (Å²) < 4.78 is 0. The van der Waals surface area contributed by atoms with Gasteiger partial charge in [-0.05, 0) is 37.4 Å². The minimum Gasteiger partial charge on any atom is -0.356 e. The molecule has 0 bridgehead atoms. The molecule has 0 aromatic heterocycles. The Balaban J connectivity index is 2.02. The summed E-state index contributed by atoms with van der Waals surface area (Å²) in [6.07, 6.45) is 2.09. The third-order valence-electron chi connectivity index (χ3n) is 3.87. The third-order valence-corrected chi connectivity index (χ3v) is 4.11. The molecule has 7 heteroatoms. The van der Waals surface area contributed by atoms with Gasteiger partial charge in [-0.1, -0.05) is 11.6 Å². The number of likely N-dealkylation sites (tertiary alicyclic amines) is 1. The van der Waals surface area contributed by atoms with Crippen molar-refractivity contribution in [2.75, 3.05) is 19.6 Å². The van der Waals surface area contributed by atoms with Crippen LogP contribution in [0.5, 0.6) is 0 Å². The van der Waals surface area contributed by atoms with Crippen LogP contribution in [0, 0.1) is 16.0 Å². The summed E-state index contributed by atoms with van der Waals surface area (Å²) >= 11 is 5.96. The van der Waals surface area contributed by atoms with Crippen molar-refractivity contribution in [1.29, 1.82) is 0 Å². The molecule has 1 atom stereocenters. The van der Waals surface area contributed by atoms with E-state index in [2.05, 4.69) is 10.2 Å². The number of nitrogens with zero attached hydrogens (tertiary/aromatic N) is 2. The number of rotatable bonds is 5. The van der Waals surface area contributed by atoms with E-state index < -0.39 is 0 Å². The molecule has 1 heterocycles. The molecule has 1 aliphatic rings. The lowest BCUT2D eigenvalue weighted by Gasteiger charge is -2.32. The van der Waals surface area contributed by atoms with Crippen molar-refractivity contribution in [1.82, 2.24) is 10.2 Å². The molecule has 1 N–H and O–H groups in total. The van der Waals surface area contributed by atoms with Crippen LogP contribution in [0.1, 0.15) is 25.3 Å². The molecule has 1 aromatic carbocycles. The van der Waals surface area contributed by atoms with E-state index in [-0.39, 0.29) is 16.5 Å². The van der Waals surface area contributed by atoms with E-state index in [9.17, 15) is 14.9 Å². The maximum atomic E-state index is 11.1. The van der Waals surface area contributed by atoms with Gasteiger partial charge in [0.2, 0.25) is 5.91 Å². The zero-order chi connectivity index (χ0) is 16.1. The van der Waals surface area contributed by atoms with Gasteiger partial charge in [-0.25, -0.2) is 0 Å². The lowest BCUT2D eigenvalue weighted by Crippen LogP contribution is -2.40. The van der Waals surface area contributed by atoms with Crippen molar-refractivity contribution in [3.05, 3.63) is 38.9 Å². The molecular formula is C15H20ClN3O3. The number of hydrogen-bond acceptors (Lipinski definition) is 4. The second-order valence-corrected chi connectivity index (χ2v) is 6.15. The molecule has 0 spiro atoms. The molecule has 1 unspecified atom stereocenters. The normalized spacial score (nSPS) is 18.9. The summed E-state index contributed by atoms with van der Waals surface area (Å²) in [6.45, 7) is 4.40. The second kappa shape index (κ2) is 7.56. The molecule has 1 saturated heterocycles. The number of carbonyl (C=O) groups excluding carboxylic acids is 1. The van der Waals surface area contributed by atoms with Crippen molar-refractivity contribution in [3.63, 3.8) is 0 Å². The molecule has 1 fully saturated rings. The van der Waals surface area contributed by atoms with E-state index >= 15 is 0 Å². The maximum Gasteiger partial charge on any atom is 0.273 e. The number of nitrogens with one attached hydrogen (secondary N) is 1. The van der Waals surface area contributed by atoms with Crippen LogP contribution in [0.15, 0.2) is 18.2 Å². The van der Waals surface area contributed by atoms with E-state index in [0.717, 1.165) is 25.9 Å². The molecule has 1 aliphatic heterocycles. The lowest BCUT2D eigenvalue weighted by molar-refractivity contribution is -0.385. The predicted molar refractivity (Wildman–Crippen MR) is 84.8 cm³/mol. The van der Waals surface area contributed by atoms with Gasteiger partial charge in [0.05, 0.1) is 4.92 Å². The number of nitro benzene ring substituents is 1. The van der Waals surface area contributed by atoms with Crippen LogP contribution in [0.3, 0.4) is 0 Å². The molecule has 22 heavy (non-hydrogen) atoms. The van der Waals surface area contributed by atoms with Crippen LogP contribution in [0.25, 0.3) is 0 Å². The Kier molecular flexibility index (Phi) is 5.74. The average Bonchev–Trinajstić information content (AvgIpc) is 2.45. The molecular weight excluding hydrogens is 306 g/mol. The van der Waals surface area contributed by atoms with Gasteiger partial charge in [0, 0.05) is 43.2 Å². The standard InChI is InChI=1S/C15H20ClN3O3/c1-11(20)17-8-12-3-2-6-18(9-12)10-13-7-14(16)4-5-15(13)19(21)22/h4-5,7,12H,2-3,6,8-10H2,1H3,(H,17,20). The van der Waals surface area contributed by atoms with Crippen LogP contribution >= 0.6 is 11.6 Å². The Labute approximate surface area is 134 Å². The Morgan fingerprint density at radius 3 is 3.00 bits per heavy atom. The van der Waals surface area contributed by atoms with Gasteiger partial charge in [0.15, 0.2) is 0 Å². The average molecular weight is 326 g/mol. The number of halogens is 1. The van der Waals surface area contributed by atoms with Crippen LogP contribution in [0.2, 0.25) is 5.02 Å². The van der Waals surface area contributed by atoms with Crippen LogP contribution in [0.4, 0.5) is 5.69 Å². The van der Waals surface area contributed by atoms with E-state index in [4.69, 9.17) is 11.6 Å². The zero-order valence-electron chi connectivity index (χ0n) is 12.5. The van der Waals surface area contributed by atoms with E-state index in [1.54, 1.807) is 12.1 Å². The molecule has 0 saturated carbocycles. The first-order chi connectivity index (χ1) is 10.5.